The van der Waals surface area contributed by atoms with E-state index in [2.05, 4.69) is 5.32 Å². The molecule has 0 saturated carbocycles. The molecule has 3 aromatic carbocycles. The molecule has 8 heteroatoms. The van der Waals surface area contributed by atoms with E-state index >= 15 is 0 Å². The van der Waals surface area contributed by atoms with Gasteiger partial charge in [-0.2, -0.15) is 0 Å². The summed E-state index contributed by atoms with van der Waals surface area (Å²) in [6.45, 7) is -0.228. The highest BCUT2D eigenvalue weighted by atomic mass is 16.5. The van der Waals surface area contributed by atoms with Gasteiger partial charge < -0.3 is 24.8 Å². The van der Waals surface area contributed by atoms with E-state index in [0.717, 1.165) is 32.7 Å². The number of esters is 1. The zero-order valence-electron chi connectivity index (χ0n) is 19.5. The van der Waals surface area contributed by atoms with Crippen LogP contribution in [0.25, 0.3) is 11.1 Å². The molecule has 2 N–H and O–H groups in total. The molecule has 5 rings (SSSR count). The first kappa shape index (κ1) is 23.6. The molecule has 0 bridgehead atoms. The van der Waals surface area contributed by atoms with Gasteiger partial charge in [-0.25, -0.2) is 4.79 Å². The third kappa shape index (κ3) is 4.81. The topological polar surface area (TPSA) is 105 Å². The van der Waals surface area contributed by atoms with Gasteiger partial charge >= 0.3 is 12.1 Å². The van der Waals surface area contributed by atoms with Crippen LogP contribution in [0.4, 0.5) is 4.79 Å². The molecule has 1 aliphatic carbocycles. The van der Waals surface area contributed by atoms with Gasteiger partial charge in [0, 0.05) is 12.3 Å². The highest BCUT2D eigenvalue weighted by Crippen LogP contribution is 2.44. The first-order valence-corrected chi connectivity index (χ1v) is 11.8. The average molecular weight is 487 g/mol. The zero-order chi connectivity index (χ0) is 25.1. The number of nitrogens with zero attached hydrogens (tertiary/aromatic N) is 1. The normalized spacial score (nSPS) is 18.5. The summed E-state index contributed by atoms with van der Waals surface area (Å²) in [5, 5.41) is 12.8. The quantitative estimate of drug-likeness (QED) is 0.497. The van der Waals surface area contributed by atoms with Gasteiger partial charge in [-0.3, -0.25) is 9.59 Å². The molecule has 1 saturated heterocycles. The van der Waals surface area contributed by atoms with Crippen molar-refractivity contribution in [1.82, 2.24) is 10.2 Å². The molecule has 184 valence electrons. The first-order valence-electron chi connectivity index (χ1n) is 11.8. The minimum Gasteiger partial charge on any atom is -0.459 e. The van der Waals surface area contributed by atoms with Crippen molar-refractivity contribution in [3.05, 3.63) is 95.6 Å². The van der Waals surface area contributed by atoms with Crippen molar-refractivity contribution in [1.29, 1.82) is 0 Å². The van der Waals surface area contributed by atoms with Crippen molar-refractivity contribution in [2.75, 3.05) is 13.2 Å². The van der Waals surface area contributed by atoms with Gasteiger partial charge in [-0.15, -0.1) is 0 Å². The molecule has 0 radical (unpaired) electrons. The van der Waals surface area contributed by atoms with Crippen LogP contribution in [-0.2, 0) is 25.7 Å². The minimum atomic E-state index is -1.21. The monoisotopic (exact) mass is 486 g/mol. The lowest BCUT2D eigenvalue weighted by Gasteiger charge is -2.19. The van der Waals surface area contributed by atoms with Crippen molar-refractivity contribution in [3.63, 3.8) is 0 Å². The maximum absolute atomic E-state index is 12.7. The smallest absolute Gasteiger partial charge is 0.407 e. The number of fused-ring (bicyclic) bond motifs is 3. The van der Waals surface area contributed by atoms with Crippen LogP contribution in [0.1, 0.15) is 29.0 Å². The number of hydrogen-bond acceptors (Lipinski definition) is 6. The lowest BCUT2D eigenvalue weighted by molar-refractivity contribution is -0.153. The predicted octanol–water partition coefficient (Wildman–Crippen LogP) is 3.19. The number of ether oxygens (including phenoxy) is 2. The molecule has 3 aromatic rings. The minimum absolute atomic E-state index is 0.0466. The Morgan fingerprint density at radius 3 is 2.17 bits per heavy atom. The standard InChI is InChI=1S/C28H26N2O6/c31-25-14-24(27(33)30(25)15-26(32)35-16-18-8-2-1-3-9-18)29-28(34)36-17-23-21-12-6-4-10-19(21)20-11-5-7-13-22(20)23/h1-13,23-25,31H,14-17H2,(H,29,34). The molecule has 8 nitrogen and oxygen atoms in total. The number of carbonyl (C=O) groups is 3. The molecule has 36 heavy (non-hydrogen) atoms. The third-order valence-electron chi connectivity index (χ3n) is 6.57. The SMILES string of the molecule is O=C(CN1C(=O)C(NC(=O)OCC2c3ccccc3-c3ccccc32)CC1O)OCc1ccccc1. The predicted molar refractivity (Wildman–Crippen MR) is 131 cm³/mol. The Kier molecular flexibility index (Phi) is 6.69. The fourth-order valence-corrected chi connectivity index (χ4v) is 4.80. The van der Waals surface area contributed by atoms with Crippen LogP contribution in [0.5, 0.6) is 0 Å². The van der Waals surface area contributed by atoms with Crippen LogP contribution in [0, 0.1) is 0 Å². The van der Waals surface area contributed by atoms with Crippen molar-refractivity contribution in [2.24, 2.45) is 0 Å². The van der Waals surface area contributed by atoms with Crippen LogP contribution < -0.4 is 5.32 Å². The van der Waals surface area contributed by atoms with E-state index in [1.165, 1.54) is 0 Å². The Labute approximate surface area is 208 Å². The summed E-state index contributed by atoms with van der Waals surface area (Å²) < 4.78 is 10.7. The van der Waals surface area contributed by atoms with E-state index < -0.39 is 36.8 Å². The summed E-state index contributed by atoms with van der Waals surface area (Å²) in [6.07, 6.45) is -2.01. The Bertz CT molecular complexity index is 1230. The third-order valence-corrected chi connectivity index (χ3v) is 6.57. The second-order valence-corrected chi connectivity index (χ2v) is 8.85. The second kappa shape index (κ2) is 10.2. The maximum atomic E-state index is 12.7. The largest absolute Gasteiger partial charge is 0.459 e. The van der Waals surface area contributed by atoms with Gasteiger partial charge in [0.2, 0.25) is 5.91 Å². The molecule has 1 aliphatic heterocycles. The number of carbonyl (C=O) groups excluding carboxylic acids is 3. The summed E-state index contributed by atoms with van der Waals surface area (Å²) in [5.41, 5.74) is 5.21. The lowest BCUT2D eigenvalue weighted by atomic mass is 9.98. The maximum Gasteiger partial charge on any atom is 0.407 e. The van der Waals surface area contributed by atoms with Crippen molar-refractivity contribution < 1.29 is 29.0 Å². The molecule has 0 spiro atoms. The number of amides is 2. The van der Waals surface area contributed by atoms with Crippen LogP contribution in [0.15, 0.2) is 78.9 Å². The Morgan fingerprint density at radius 2 is 1.50 bits per heavy atom. The number of aliphatic hydroxyl groups is 1. The zero-order valence-corrected chi connectivity index (χ0v) is 19.5. The van der Waals surface area contributed by atoms with Crippen molar-refractivity contribution in [2.45, 2.75) is 31.2 Å². The molecule has 0 aromatic heterocycles. The molecular weight excluding hydrogens is 460 g/mol. The fourth-order valence-electron chi connectivity index (χ4n) is 4.80. The van der Waals surface area contributed by atoms with Gasteiger partial charge in [0.15, 0.2) is 0 Å². The average Bonchev–Trinajstić information content (AvgIpc) is 3.35. The molecule has 2 unspecified atom stereocenters. The Morgan fingerprint density at radius 1 is 0.889 bits per heavy atom. The molecule has 2 amide bonds. The summed E-state index contributed by atoms with van der Waals surface area (Å²) >= 11 is 0. The van der Waals surface area contributed by atoms with Gasteiger partial charge in [0.1, 0.15) is 32.0 Å². The van der Waals surface area contributed by atoms with Crippen LogP contribution in [-0.4, -0.2) is 53.4 Å². The van der Waals surface area contributed by atoms with E-state index in [0.29, 0.717) is 0 Å². The molecule has 1 heterocycles. The Balaban J connectivity index is 1.14. The summed E-state index contributed by atoms with van der Waals surface area (Å²) in [5.74, 6) is -1.32. The van der Waals surface area contributed by atoms with Gasteiger partial charge in [0.25, 0.3) is 0 Å². The number of nitrogens with one attached hydrogen (secondary N) is 1. The second-order valence-electron chi connectivity index (χ2n) is 8.85. The summed E-state index contributed by atoms with van der Waals surface area (Å²) in [4.78, 5) is 38.5. The van der Waals surface area contributed by atoms with Crippen LogP contribution >= 0.6 is 0 Å². The van der Waals surface area contributed by atoms with Crippen molar-refractivity contribution >= 4 is 18.0 Å². The Hall–Kier alpha value is -4.17. The van der Waals surface area contributed by atoms with Crippen LogP contribution in [0.2, 0.25) is 0 Å². The summed E-state index contributed by atoms with van der Waals surface area (Å²) in [6, 6.07) is 24.2. The van der Waals surface area contributed by atoms with Crippen LogP contribution in [0.3, 0.4) is 0 Å². The molecule has 2 aliphatic rings. The van der Waals surface area contributed by atoms with Gasteiger partial charge in [-0.1, -0.05) is 78.9 Å². The number of aliphatic hydroxyl groups excluding tert-OH is 1. The van der Waals surface area contributed by atoms with Gasteiger partial charge in [0.05, 0.1) is 0 Å². The number of alkyl carbamates (subject to hydrolysis) is 1. The van der Waals surface area contributed by atoms with Crippen molar-refractivity contribution in [3.8, 4) is 11.1 Å². The molecule has 2 atom stereocenters. The molecular formula is C28H26N2O6. The van der Waals surface area contributed by atoms with E-state index in [1.807, 2.05) is 78.9 Å². The van der Waals surface area contributed by atoms with E-state index in [-0.39, 0.29) is 25.6 Å². The van der Waals surface area contributed by atoms with E-state index in [4.69, 9.17) is 9.47 Å². The van der Waals surface area contributed by atoms with E-state index in [1.54, 1.807) is 0 Å². The first-order chi connectivity index (χ1) is 17.5. The number of benzene rings is 3. The molecule has 1 fully saturated rings. The number of hydrogen-bond donors (Lipinski definition) is 2. The number of rotatable bonds is 7. The van der Waals surface area contributed by atoms with E-state index in [9.17, 15) is 19.5 Å². The summed E-state index contributed by atoms with van der Waals surface area (Å²) in [7, 11) is 0. The highest BCUT2D eigenvalue weighted by molar-refractivity contribution is 5.90. The highest BCUT2D eigenvalue weighted by Gasteiger charge is 2.41. The lowest BCUT2D eigenvalue weighted by Crippen LogP contribution is -2.44. The number of likely N-dealkylation sites (tertiary alicyclic amines) is 1. The van der Waals surface area contributed by atoms with Gasteiger partial charge in [-0.05, 0) is 27.8 Å². The fraction of sp³-hybridized carbons (Fsp3) is 0.250.